The molecule has 2 rings (SSSR count). The molecule has 2 amide bonds. The summed E-state index contributed by atoms with van der Waals surface area (Å²) >= 11 is 14.6. The lowest BCUT2D eigenvalue weighted by atomic mass is 10.3. The Balaban J connectivity index is 1.75. The summed E-state index contributed by atoms with van der Waals surface area (Å²) in [7, 11) is 0. The van der Waals surface area contributed by atoms with Crippen molar-refractivity contribution in [3.63, 3.8) is 0 Å². The van der Waals surface area contributed by atoms with Crippen LogP contribution in [-0.4, -0.2) is 35.1 Å². The van der Waals surface area contributed by atoms with Crippen LogP contribution in [0.4, 0.5) is 11.4 Å². The molecule has 0 saturated carbocycles. The van der Waals surface area contributed by atoms with Crippen molar-refractivity contribution in [1.29, 1.82) is 0 Å². The van der Waals surface area contributed by atoms with Gasteiger partial charge in [-0.25, -0.2) is 0 Å². The number of rotatable bonds is 11. The quantitative estimate of drug-likeness (QED) is 0.258. The Morgan fingerprint density at radius 1 is 0.714 bits per heavy atom. The summed E-state index contributed by atoms with van der Waals surface area (Å²) in [5.41, 5.74) is 1.60. The highest BCUT2D eigenvalue weighted by Gasteiger charge is 2.07. The molecule has 0 radical (unpaired) electrons. The standard InChI is InChI=1S/C20H22Cl2N2O2S2/c21-13-19(25)23-15-7-1-3-9-17(15)27-11-5-6-12-28-18-10-4-2-8-16(18)24-20(26)14-22/h1-4,7-10H,5-6,11-14H2,(H,23,25)(H,24,26). The predicted molar refractivity (Wildman–Crippen MR) is 122 cm³/mol. The molecule has 8 heteroatoms. The Bertz CT molecular complexity index is 725. The van der Waals surface area contributed by atoms with Crippen molar-refractivity contribution in [3.8, 4) is 0 Å². The highest BCUT2D eigenvalue weighted by Crippen LogP contribution is 2.30. The number of hydrogen-bond donors (Lipinski definition) is 2. The fourth-order valence-corrected chi connectivity index (χ4v) is 4.50. The van der Waals surface area contributed by atoms with E-state index in [9.17, 15) is 9.59 Å². The number of carbonyl (C=O) groups is 2. The maximum absolute atomic E-state index is 11.5. The molecular formula is C20H22Cl2N2O2S2. The van der Waals surface area contributed by atoms with E-state index in [1.807, 2.05) is 48.5 Å². The Morgan fingerprint density at radius 2 is 1.11 bits per heavy atom. The van der Waals surface area contributed by atoms with Gasteiger partial charge in [-0.2, -0.15) is 0 Å². The van der Waals surface area contributed by atoms with Crippen LogP contribution in [0.2, 0.25) is 0 Å². The Hall–Kier alpha value is -1.34. The maximum Gasteiger partial charge on any atom is 0.239 e. The highest BCUT2D eigenvalue weighted by molar-refractivity contribution is 7.99. The Labute approximate surface area is 184 Å². The second kappa shape index (κ2) is 13.0. The van der Waals surface area contributed by atoms with Crippen molar-refractivity contribution in [2.24, 2.45) is 0 Å². The first-order valence-electron chi connectivity index (χ1n) is 8.79. The second-order valence-corrected chi connectivity index (χ2v) is 8.57. The van der Waals surface area contributed by atoms with Crippen molar-refractivity contribution >= 4 is 69.9 Å². The summed E-state index contributed by atoms with van der Waals surface area (Å²) in [4.78, 5) is 25.1. The van der Waals surface area contributed by atoms with Crippen LogP contribution < -0.4 is 10.6 Å². The van der Waals surface area contributed by atoms with Crippen LogP contribution in [0.1, 0.15) is 12.8 Å². The van der Waals surface area contributed by atoms with Gasteiger partial charge in [0.25, 0.3) is 0 Å². The van der Waals surface area contributed by atoms with Crippen molar-refractivity contribution in [2.75, 3.05) is 33.9 Å². The topological polar surface area (TPSA) is 58.2 Å². The third-order valence-electron chi connectivity index (χ3n) is 3.62. The lowest BCUT2D eigenvalue weighted by molar-refractivity contribution is -0.114. The van der Waals surface area contributed by atoms with E-state index in [2.05, 4.69) is 10.6 Å². The number of hydrogen-bond acceptors (Lipinski definition) is 4. The molecular weight excluding hydrogens is 435 g/mol. The summed E-state index contributed by atoms with van der Waals surface area (Å²) in [5.74, 6) is 1.40. The zero-order valence-electron chi connectivity index (χ0n) is 15.3. The molecule has 0 bridgehead atoms. The van der Waals surface area contributed by atoms with Gasteiger partial charge in [0.05, 0.1) is 11.4 Å². The molecule has 0 aliphatic heterocycles. The first kappa shape index (κ1) is 22.9. The fourth-order valence-electron chi connectivity index (χ4n) is 2.33. The summed E-state index contributed by atoms with van der Waals surface area (Å²) in [6.07, 6.45) is 2.09. The van der Waals surface area contributed by atoms with Crippen LogP contribution in [0.15, 0.2) is 58.3 Å². The molecule has 0 aromatic heterocycles. The van der Waals surface area contributed by atoms with Crippen molar-refractivity contribution in [3.05, 3.63) is 48.5 Å². The lowest BCUT2D eigenvalue weighted by Crippen LogP contribution is -2.13. The van der Waals surface area contributed by atoms with Crippen LogP contribution in [0.5, 0.6) is 0 Å². The first-order valence-corrected chi connectivity index (χ1v) is 11.8. The van der Waals surface area contributed by atoms with E-state index in [1.165, 1.54) is 0 Å². The zero-order valence-corrected chi connectivity index (χ0v) is 18.4. The van der Waals surface area contributed by atoms with E-state index >= 15 is 0 Å². The van der Waals surface area contributed by atoms with Crippen molar-refractivity contribution in [1.82, 2.24) is 0 Å². The van der Waals surface area contributed by atoms with Crippen LogP contribution in [0.3, 0.4) is 0 Å². The van der Waals surface area contributed by atoms with Gasteiger partial charge in [0.1, 0.15) is 11.8 Å². The number of alkyl halides is 2. The van der Waals surface area contributed by atoms with E-state index in [1.54, 1.807) is 23.5 Å². The molecule has 0 aliphatic rings. The van der Waals surface area contributed by atoms with Crippen LogP contribution in [-0.2, 0) is 9.59 Å². The maximum atomic E-state index is 11.5. The Kier molecular flexibility index (Phi) is 10.6. The molecule has 0 spiro atoms. The number of unbranched alkanes of at least 4 members (excludes halogenated alkanes) is 1. The van der Waals surface area contributed by atoms with Crippen molar-refractivity contribution < 1.29 is 9.59 Å². The van der Waals surface area contributed by atoms with Crippen LogP contribution in [0, 0.1) is 0 Å². The van der Waals surface area contributed by atoms with E-state index in [-0.39, 0.29) is 23.6 Å². The van der Waals surface area contributed by atoms with Gasteiger partial charge in [0, 0.05) is 9.79 Å². The molecule has 2 N–H and O–H groups in total. The van der Waals surface area contributed by atoms with Gasteiger partial charge < -0.3 is 10.6 Å². The van der Waals surface area contributed by atoms with Gasteiger partial charge in [0.15, 0.2) is 0 Å². The average molecular weight is 457 g/mol. The van der Waals surface area contributed by atoms with Crippen LogP contribution >= 0.6 is 46.7 Å². The minimum atomic E-state index is -0.203. The number of amides is 2. The lowest BCUT2D eigenvalue weighted by Gasteiger charge is -2.11. The zero-order chi connectivity index (χ0) is 20.2. The molecule has 0 heterocycles. The van der Waals surface area contributed by atoms with Gasteiger partial charge in [-0.05, 0) is 48.6 Å². The van der Waals surface area contributed by atoms with E-state index in [0.29, 0.717) is 0 Å². The van der Waals surface area contributed by atoms with Gasteiger partial charge in [-0.3, -0.25) is 9.59 Å². The molecule has 0 unspecified atom stereocenters. The van der Waals surface area contributed by atoms with Gasteiger partial charge in [-0.15, -0.1) is 46.7 Å². The molecule has 2 aromatic rings. The SMILES string of the molecule is O=C(CCl)Nc1ccccc1SCCCCSc1ccccc1NC(=O)CCl. The molecule has 0 fully saturated rings. The summed E-state index contributed by atoms with van der Waals surface area (Å²) in [5, 5.41) is 5.64. The summed E-state index contributed by atoms with van der Waals surface area (Å²) < 4.78 is 0. The number of benzene rings is 2. The minimum absolute atomic E-state index is 0.0525. The van der Waals surface area contributed by atoms with E-state index < -0.39 is 0 Å². The largest absolute Gasteiger partial charge is 0.324 e. The molecule has 0 atom stereocenters. The van der Waals surface area contributed by atoms with Gasteiger partial charge in [0.2, 0.25) is 11.8 Å². The molecule has 4 nitrogen and oxygen atoms in total. The highest BCUT2D eigenvalue weighted by atomic mass is 35.5. The molecule has 0 aliphatic carbocycles. The number of carbonyl (C=O) groups excluding carboxylic acids is 2. The number of halogens is 2. The van der Waals surface area contributed by atoms with E-state index in [4.69, 9.17) is 23.2 Å². The van der Waals surface area contributed by atoms with E-state index in [0.717, 1.165) is 45.5 Å². The number of nitrogens with one attached hydrogen (secondary N) is 2. The first-order chi connectivity index (χ1) is 13.6. The van der Waals surface area contributed by atoms with Gasteiger partial charge in [-0.1, -0.05) is 24.3 Å². The van der Waals surface area contributed by atoms with Crippen LogP contribution in [0.25, 0.3) is 0 Å². The smallest absolute Gasteiger partial charge is 0.239 e. The number of thioether (sulfide) groups is 2. The average Bonchev–Trinajstić information content (AvgIpc) is 2.72. The molecule has 28 heavy (non-hydrogen) atoms. The van der Waals surface area contributed by atoms with Gasteiger partial charge >= 0.3 is 0 Å². The minimum Gasteiger partial charge on any atom is -0.324 e. The predicted octanol–water partition coefficient (Wildman–Crippen LogP) is 5.71. The summed E-state index contributed by atoms with van der Waals surface area (Å²) in [6.45, 7) is 0. The third-order valence-corrected chi connectivity index (χ3v) is 6.42. The Morgan fingerprint density at radius 3 is 1.50 bits per heavy atom. The second-order valence-electron chi connectivity index (χ2n) is 5.76. The number of para-hydroxylation sites is 2. The molecule has 2 aromatic carbocycles. The monoisotopic (exact) mass is 456 g/mol. The molecule has 150 valence electrons. The normalized spacial score (nSPS) is 10.5. The van der Waals surface area contributed by atoms with Crippen molar-refractivity contribution in [2.45, 2.75) is 22.6 Å². The molecule has 0 saturated heterocycles. The fraction of sp³-hybridized carbons (Fsp3) is 0.300. The third kappa shape index (κ3) is 7.95. The number of anilines is 2. The summed E-state index contributed by atoms with van der Waals surface area (Å²) in [6, 6.07) is 15.5.